The van der Waals surface area contributed by atoms with E-state index in [2.05, 4.69) is 15.6 Å². The Morgan fingerprint density at radius 2 is 1.77 bits per heavy atom. The number of aromatic nitrogens is 1. The number of amides is 2. The Morgan fingerprint density at radius 3 is 2.42 bits per heavy atom. The van der Waals surface area contributed by atoms with E-state index in [-0.39, 0.29) is 18.2 Å². The Balaban J connectivity index is 1.65. The molecule has 1 saturated heterocycles. The summed E-state index contributed by atoms with van der Waals surface area (Å²) < 4.78 is 15.4. The molecule has 0 bridgehead atoms. The van der Waals surface area contributed by atoms with Gasteiger partial charge in [0.05, 0.1) is 24.8 Å². The average molecular weight is 552 g/mol. The van der Waals surface area contributed by atoms with Crippen LogP contribution < -0.4 is 10.6 Å². The van der Waals surface area contributed by atoms with Gasteiger partial charge < -0.3 is 29.9 Å². The second-order valence-corrected chi connectivity index (χ2v) is 9.99. The number of nitrogens with zero attached hydrogens (tertiary/aromatic N) is 1. The van der Waals surface area contributed by atoms with Crippen molar-refractivity contribution in [3.63, 3.8) is 0 Å². The Bertz CT molecular complexity index is 1180. The van der Waals surface area contributed by atoms with Crippen LogP contribution in [0.25, 0.3) is 11.3 Å². The fourth-order valence-corrected chi connectivity index (χ4v) is 4.31. The van der Waals surface area contributed by atoms with E-state index in [9.17, 15) is 24.3 Å². The van der Waals surface area contributed by atoms with Crippen molar-refractivity contribution >= 4 is 31.2 Å². The molecule has 0 saturated carbocycles. The van der Waals surface area contributed by atoms with Crippen molar-refractivity contribution < 1.29 is 38.4 Å². The minimum absolute atomic E-state index is 0.0794. The van der Waals surface area contributed by atoms with Crippen molar-refractivity contribution in [3.8, 4) is 11.3 Å². The van der Waals surface area contributed by atoms with Gasteiger partial charge in [-0.25, -0.2) is 4.98 Å². The number of carbonyl (C=O) groups excluding carboxylic acids is 4. The first-order valence-electron chi connectivity index (χ1n) is 13.2. The molecule has 1 aromatic heterocycles. The van der Waals surface area contributed by atoms with Crippen LogP contribution in [0.1, 0.15) is 44.1 Å². The summed E-state index contributed by atoms with van der Waals surface area (Å²) in [4.78, 5) is 55.1. The molecule has 2 aromatic rings. The third-order valence-electron chi connectivity index (χ3n) is 6.33. The molecule has 0 spiro atoms. The first kappa shape index (κ1) is 30.8. The minimum Gasteiger partial charge on any atom is -0.534 e. The smallest absolute Gasteiger partial charge is 0.398 e. The predicted molar refractivity (Wildman–Crippen MR) is 146 cm³/mol. The van der Waals surface area contributed by atoms with E-state index in [1.165, 1.54) is 27.6 Å². The average Bonchev–Trinajstić information content (AvgIpc) is 3.44. The molecule has 3 N–H and O–H groups in total. The number of rotatable bonds is 12. The van der Waals surface area contributed by atoms with Gasteiger partial charge >= 0.3 is 19.4 Å². The molecule has 2 heterocycles. The van der Waals surface area contributed by atoms with Crippen molar-refractivity contribution in [3.05, 3.63) is 54.2 Å². The topological polar surface area (TPSA) is 153 Å². The number of esters is 1. The van der Waals surface area contributed by atoms with Gasteiger partial charge in [0, 0.05) is 18.1 Å². The summed E-state index contributed by atoms with van der Waals surface area (Å²) in [7, 11) is 2.40. The summed E-state index contributed by atoms with van der Waals surface area (Å²) in [6.45, 7) is 5.43. The van der Waals surface area contributed by atoms with Gasteiger partial charge in [-0.2, -0.15) is 0 Å². The Hall–Kier alpha value is -3.77. The second kappa shape index (κ2) is 14.6. The lowest BCUT2D eigenvalue weighted by molar-refractivity contribution is -0.156. The largest absolute Gasteiger partial charge is 0.534 e. The van der Waals surface area contributed by atoms with Gasteiger partial charge in [0.25, 0.3) is 5.91 Å². The molecule has 12 heteroatoms. The van der Waals surface area contributed by atoms with Crippen LogP contribution in [-0.4, -0.2) is 79.2 Å². The summed E-state index contributed by atoms with van der Waals surface area (Å²) in [6.07, 6.45) is -1.62. The SMILES string of the molecule is COC(=O)[C@@H]1CCO[C@H]1C(=O)O[B][C@H](CC(C)C)NC(=O)C(NC(=O)c1cccc(-c2ccccc2)n1)[C@@H](C)O. The number of hydrogen-bond donors (Lipinski definition) is 3. The molecule has 1 unspecified atom stereocenters. The maximum Gasteiger partial charge on any atom is 0.398 e. The summed E-state index contributed by atoms with van der Waals surface area (Å²) in [5.41, 5.74) is 1.49. The fraction of sp³-hybridized carbons (Fsp3) is 0.464. The van der Waals surface area contributed by atoms with Crippen molar-refractivity contribution in [1.29, 1.82) is 0 Å². The Labute approximate surface area is 234 Å². The lowest BCUT2D eigenvalue weighted by Gasteiger charge is -2.25. The Morgan fingerprint density at radius 1 is 1.05 bits per heavy atom. The highest BCUT2D eigenvalue weighted by molar-refractivity contribution is 6.33. The van der Waals surface area contributed by atoms with E-state index in [0.29, 0.717) is 18.5 Å². The second-order valence-electron chi connectivity index (χ2n) is 9.99. The van der Waals surface area contributed by atoms with Crippen molar-refractivity contribution in [2.45, 2.75) is 57.8 Å². The number of aliphatic hydroxyl groups is 1. The number of carbonyl (C=O) groups is 4. The number of nitrogens with one attached hydrogen (secondary N) is 2. The van der Waals surface area contributed by atoms with Crippen LogP contribution in [0.5, 0.6) is 0 Å². The van der Waals surface area contributed by atoms with Crippen LogP contribution >= 0.6 is 0 Å². The summed E-state index contributed by atoms with van der Waals surface area (Å²) in [6, 6.07) is 13.0. The first-order valence-corrected chi connectivity index (χ1v) is 13.2. The molecule has 1 aliphatic rings. The van der Waals surface area contributed by atoms with Crippen molar-refractivity contribution in [2.75, 3.05) is 13.7 Å². The maximum atomic E-state index is 13.2. The Kier molecular flexibility index (Phi) is 11.2. The third kappa shape index (κ3) is 8.37. The van der Waals surface area contributed by atoms with Gasteiger partial charge in [-0.1, -0.05) is 50.2 Å². The molecular weight excluding hydrogens is 517 g/mol. The third-order valence-corrected chi connectivity index (χ3v) is 6.33. The number of ether oxygens (including phenoxy) is 2. The van der Waals surface area contributed by atoms with Gasteiger partial charge in [0.2, 0.25) is 5.91 Å². The highest BCUT2D eigenvalue weighted by atomic mass is 16.6. The summed E-state index contributed by atoms with van der Waals surface area (Å²) >= 11 is 0. The van der Waals surface area contributed by atoms with Crippen LogP contribution in [0.4, 0.5) is 0 Å². The van der Waals surface area contributed by atoms with Gasteiger partial charge in [-0.15, -0.1) is 0 Å². The number of pyridine rings is 1. The quantitative estimate of drug-likeness (QED) is 0.262. The zero-order chi connectivity index (χ0) is 29.2. The lowest BCUT2D eigenvalue weighted by atomic mass is 9.81. The summed E-state index contributed by atoms with van der Waals surface area (Å²) in [5, 5.41) is 15.6. The van der Waals surface area contributed by atoms with E-state index < -0.39 is 53.9 Å². The van der Waals surface area contributed by atoms with E-state index >= 15 is 0 Å². The van der Waals surface area contributed by atoms with E-state index in [4.69, 9.17) is 14.1 Å². The summed E-state index contributed by atoms with van der Waals surface area (Å²) in [5.74, 6) is -4.08. The van der Waals surface area contributed by atoms with Crippen molar-refractivity contribution in [1.82, 2.24) is 15.6 Å². The molecule has 0 aliphatic carbocycles. The molecule has 11 nitrogen and oxygen atoms in total. The highest BCUT2D eigenvalue weighted by Gasteiger charge is 2.41. The number of hydrogen-bond acceptors (Lipinski definition) is 9. The van der Waals surface area contributed by atoms with E-state index in [0.717, 1.165) is 5.56 Å². The molecule has 5 atom stereocenters. The molecule has 1 aromatic carbocycles. The van der Waals surface area contributed by atoms with E-state index in [1.54, 1.807) is 12.1 Å². The predicted octanol–water partition coefficient (Wildman–Crippen LogP) is 1.46. The van der Waals surface area contributed by atoms with E-state index in [1.807, 2.05) is 44.2 Å². The number of benzene rings is 1. The molecule has 3 rings (SSSR count). The number of methoxy groups -OCH3 is 1. The zero-order valence-corrected chi connectivity index (χ0v) is 23.0. The molecule has 2 amide bonds. The first-order chi connectivity index (χ1) is 19.1. The van der Waals surface area contributed by atoms with Crippen LogP contribution in [0.2, 0.25) is 0 Å². The minimum atomic E-state index is -1.31. The van der Waals surface area contributed by atoms with Crippen LogP contribution in [0.3, 0.4) is 0 Å². The molecule has 1 aliphatic heterocycles. The van der Waals surface area contributed by atoms with Crippen LogP contribution in [-0.2, 0) is 28.5 Å². The molecule has 213 valence electrons. The molecule has 1 fully saturated rings. The standard InChI is InChI=1S/C28H35BN3O8/c1-16(2)15-22(29-40-28(37)24-19(13-14-39-24)27(36)38-4)31-26(35)23(17(3)33)32-25(34)21-12-8-11-20(30-21)18-9-6-5-7-10-18/h5-12,16-17,19,22-24,33H,13-15H2,1-4H3,(H,31,35)(H,32,34)/t17-,19-,22+,23?,24-/m1/s1. The number of aliphatic hydroxyl groups excluding tert-OH is 1. The highest BCUT2D eigenvalue weighted by Crippen LogP contribution is 2.23. The molecular formula is C28H35BN3O8. The van der Waals surface area contributed by atoms with Gasteiger partial charge in [-0.05, 0) is 37.8 Å². The monoisotopic (exact) mass is 552 g/mol. The zero-order valence-electron chi connectivity index (χ0n) is 23.0. The van der Waals surface area contributed by atoms with Gasteiger partial charge in [-0.3, -0.25) is 19.2 Å². The van der Waals surface area contributed by atoms with Gasteiger partial charge in [0.15, 0.2) is 6.10 Å². The maximum absolute atomic E-state index is 13.2. The molecule has 40 heavy (non-hydrogen) atoms. The van der Waals surface area contributed by atoms with Crippen LogP contribution in [0.15, 0.2) is 48.5 Å². The molecule has 1 radical (unpaired) electrons. The van der Waals surface area contributed by atoms with Crippen molar-refractivity contribution in [2.24, 2.45) is 11.8 Å². The lowest BCUT2D eigenvalue weighted by Crippen LogP contribution is -2.56. The van der Waals surface area contributed by atoms with Crippen LogP contribution in [0, 0.1) is 11.8 Å². The normalized spacial score (nSPS) is 18.8. The van der Waals surface area contributed by atoms with Gasteiger partial charge in [0.1, 0.15) is 11.7 Å². The fourth-order valence-electron chi connectivity index (χ4n) is 4.31.